The van der Waals surface area contributed by atoms with Crippen molar-refractivity contribution in [3.05, 3.63) is 40.2 Å². The second-order valence-corrected chi connectivity index (χ2v) is 6.70. The molecule has 1 aromatic heterocycles. The standard InChI is InChI=1S/C20H28N4O2/c1-7-15(8-2)23-18-16(20(25)26)19(22-14(6)21-18)24-17-12(4)9-11(3)10-13(17)5/h9-10,15H,7-8H2,1-6H3,(H,25,26)(H2,21,22,23,24). The zero-order chi connectivity index (χ0) is 19.4. The molecule has 1 aromatic carbocycles. The van der Waals surface area contributed by atoms with Crippen molar-refractivity contribution >= 4 is 23.3 Å². The highest BCUT2D eigenvalue weighted by atomic mass is 16.4. The van der Waals surface area contributed by atoms with Gasteiger partial charge in [-0.25, -0.2) is 14.8 Å². The predicted octanol–water partition coefficient (Wildman–Crippen LogP) is 4.75. The van der Waals surface area contributed by atoms with Crippen molar-refractivity contribution in [1.82, 2.24) is 9.97 Å². The van der Waals surface area contributed by atoms with E-state index in [0.29, 0.717) is 17.5 Å². The Hall–Kier alpha value is -2.63. The van der Waals surface area contributed by atoms with Crippen LogP contribution in [0, 0.1) is 27.7 Å². The summed E-state index contributed by atoms with van der Waals surface area (Å²) in [6, 6.07) is 4.29. The molecule has 6 nitrogen and oxygen atoms in total. The van der Waals surface area contributed by atoms with Gasteiger partial charge in [-0.2, -0.15) is 0 Å². The fraction of sp³-hybridized carbons (Fsp3) is 0.450. The summed E-state index contributed by atoms with van der Waals surface area (Å²) >= 11 is 0. The fourth-order valence-corrected chi connectivity index (χ4v) is 3.15. The zero-order valence-electron chi connectivity index (χ0n) is 16.4. The molecule has 0 saturated heterocycles. The summed E-state index contributed by atoms with van der Waals surface area (Å²) < 4.78 is 0. The molecule has 0 aliphatic rings. The average Bonchev–Trinajstić information content (AvgIpc) is 2.55. The molecule has 0 atom stereocenters. The summed E-state index contributed by atoms with van der Waals surface area (Å²) in [6.45, 7) is 11.9. The van der Waals surface area contributed by atoms with Crippen LogP contribution < -0.4 is 10.6 Å². The van der Waals surface area contributed by atoms with E-state index in [1.165, 1.54) is 5.56 Å². The van der Waals surface area contributed by atoms with Gasteiger partial charge in [0.2, 0.25) is 0 Å². The van der Waals surface area contributed by atoms with E-state index in [2.05, 4.69) is 46.6 Å². The van der Waals surface area contributed by atoms with Crippen LogP contribution in [0.1, 0.15) is 59.6 Å². The van der Waals surface area contributed by atoms with Crippen LogP contribution in [0.4, 0.5) is 17.3 Å². The number of rotatable bonds is 7. The lowest BCUT2D eigenvalue weighted by Crippen LogP contribution is -2.22. The number of carboxylic acids is 1. The molecule has 0 aliphatic heterocycles. The summed E-state index contributed by atoms with van der Waals surface area (Å²) in [7, 11) is 0. The van der Waals surface area contributed by atoms with Gasteiger partial charge in [0.1, 0.15) is 17.2 Å². The van der Waals surface area contributed by atoms with E-state index in [1.807, 2.05) is 20.8 Å². The van der Waals surface area contributed by atoms with Gasteiger partial charge in [-0.1, -0.05) is 31.5 Å². The minimum absolute atomic E-state index is 0.0712. The molecule has 2 aromatic rings. The Morgan fingerprint density at radius 1 is 1.04 bits per heavy atom. The average molecular weight is 356 g/mol. The maximum atomic E-state index is 12.0. The molecule has 6 heteroatoms. The molecule has 1 heterocycles. The van der Waals surface area contributed by atoms with Crippen LogP contribution in [0.25, 0.3) is 0 Å². The Morgan fingerprint density at radius 2 is 1.58 bits per heavy atom. The quantitative estimate of drug-likeness (QED) is 0.663. The molecule has 140 valence electrons. The van der Waals surface area contributed by atoms with E-state index in [-0.39, 0.29) is 11.6 Å². The third kappa shape index (κ3) is 4.31. The summed E-state index contributed by atoms with van der Waals surface area (Å²) in [5, 5.41) is 16.3. The Morgan fingerprint density at radius 3 is 2.08 bits per heavy atom. The molecule has 26 heavy (non-hydrogen) atoms. The highest BCUT2D eigenvalue weighted by Gasteiger charge is 2.22. The first kappa shape index (κ1) is 19.7. The minimum atomic E-state index is -1.05. The van der Waals surface area contributed by atoms with Crippen LogP contribution in [-0.2, 0) is 0 Å². The van der Waals surface area contributed by atoms with Crippen LogP contribution in [-0.4, -0.2) is 27.1 Å². The van der Waals surface area contributed by atoms with E-state index >= 15 is 0 Å². The maximum Gasteiger partial charge on any atom is 0.343 e. The van der Waals surface area contributed by atoms with Crippen molar-refractivity contribution in [2.75, 3.05) is 10.6 Å². The molecule has 0 fully saturated rings. The van der Waals surface area contributed by atoms with Gasteiger partial charge in [-0.3, -0.25) is 0 Å². The van der Waals surface area contributed by atoms with Crippen molar-refractivity contribution in [2.45, 2.75) is 60.4 Å². The van der Waals surface area contributed by atoms with Crippen LogP contribution in [0.5, 0.6) is 0 Å². The van der Waals surface area contributed by atoms with Gasteiger partial charge in [0.25, 0.3) is 0 Å². The number of hydrogen-bond donors (Lipinski definition) is 3. The Labute approximate surface area is 155 Å². The van der Waals surface area contributed by atoms with Crippen molar-refractivity contribution in [3.63, 3.8) is 0 Å². The first-order valence-electron chi connectivity index (χ1n) is 9.00. The number of hydrogen-bond acceptors (Lipinski definition) is 5. The number of aromatic nitrogens is 2. The van der Waals surface area contributed by atoms with Crippen molar-refractivity contribution in [1.29, 1.82) is 0 Å². The number of benzene rings is 1. The molecule has 0 amide bonds. The second-order valence-electron chi connectivity index (χ2n) is 6.70. The van der Waals surface area contributed by atoms with Gasteiger partial charge < -0.3 is 15.7 Å². The van der Waals surface area contributed by atoms with E-state index in [0.717, 1.165) is 29.7 Å². The van der Waals surface area contributed by atoms with E-state index < -0.39 is 5.97 Å². The van der Waals surface area contributed by atoms with Crippen molar-refractivity contribution in [2.24, 2.45) is 0 Å². The van der Waals surface area contributed by atoms with Gasteiger partial charge in [-0.05, 0) is 51.7 Å². The first-order chi connectivity index (χ1) is 12.3. The number of aromatic carboxylic acids is 1. The molecular weight excluding hydrogens is 328 g/mol. The first-order valence-corrected chi connectivity index (χ1v) is 9.00. The molecular formula is C20H28N4O2. The van der Waals surface area contributed by atoms with Gasteiger partial charge in [0, 0.05) is 11.7 Å². The topological polar surface area (TPSA) is 87.1 Å². The van der Waals surface area contributed by atoms with Crippen molar-refractivity contribution in [3.8, 4) is 0 Å². The van der Waals surface area contributed by atoms with Crippen LogP contribution >= 0.6 is 0 Å². The molecule has 0 unspecified atom stereocenters. The highest BCUT2D eigenvalue weighted by Crippen LogP contribution is 2.30. The van der Waals surface area contributed by atoms with Crippen molar-refractivity contribution < 1.29 is 9.90 Å². The molecule has 0 spiro atoms. The normalized spacial score (nSPS) is 10.9. The molecule has 0 radical (unpaired) electrons. The highest BCUT2D eigenvalue weighted by molar-refractivity contribution is 5.99. The number of carboxylic acid groups (broad SMARTS) is 1. The number of nitrogens with zero attached hydrogens (tertiary/aromatic N) is 2. The van der Waals surface area contributed by atoms with Gasteiger partial charge in [-0.15, -0.1) is 0 Å². The minimum Gasteiger partial charge on any atom is -0.477 e. The smallest absolute Gasteiger partial charge is 0.343 e. The molecule has 3 N–H and O–H groups in total. The van der Waals surface area contributed by atoms with E-state index in [1.54, 1.807) is 6.92 Å². The largest absolute Gasteiger partial charge is 0.477 e. The second kappa shape index (κ2) is 8.17. The monoisotopic (exact) mass is 356 g/mol. The predicted molar refractivity (Wildman–Crippen MR) is 106 cm³/mol. The zero-order valence-corrected chi connectivity index (χ0v) is 16.4. The van der Waals surface area contributed by atoms with Crippen LogP contribution in [0.2, 0.25) is 0 Å². The van der Waals surface area contributed by atoms with Gasteiger partial charge >= 0.3 is 5.97 Å². The lowest BCUT2D eigenvalue weighted by Gasteiger charge is -2.20. The van der Waals surface area contributed by atoms with Crippen LogP contribution in [0.3, 0.4) is 0 Å². The van der Waals surface area contributed by atoms with Crippen LogP contribution in [0.15, 0.2) is 12.1 Å². The molecule has 0 bridgehead atoms. The Balaban J connectivity index is 2.55. The molecule has 0 saturated carbocycles. The van der Waals surface area contributed by atoms with Gasteiger partial charge in [0.15, 0.2) is 5.82 Å². The Bertz CT molecular complexity index is 791. The summed E-state index contributed by atoms with van der Waals surface area (Å²) in [5.41, 5.74) is 4.21. The third-order valence-electron chi connectivity index (χ3n) is 4.48. The number of nitrogens with one attached hydrogen (secondary N) is 2. The summed E-state index contributed by atoms with van der Waals surface area (Å²) in [5.74, 6) is 0.147. The maximum absolute atomic E-state index is 12.0. The van der Waals surface area contributed by atoms with E-state index in [4.69, 9.17) is 0 Å². The fourth-order valence-electron chi connectivity index (χ4n) is 3.15. The SMILES string of the molecule is CCC(CC)Nc1nc(C)nc(Nc2c(C)cc(C)cc2C)c1C(=O)O. The van der Waals surface area contributed by atoms with Gasteiger partial charge in [0.05, 0.1) is 0 Å². The number of aryl methyl sites for hydroxylation is 4. The molecule has 0 aliphatic carbocycles. The Kier molecular flexibility index (Phi) is 6.18. The number of carbonyl (C=O) groups is 1. The summed E-state index contributed by atoms with van der Waals surface area (Å²) in [6.07, 6.45) is 1.77. The lowest BCUT2D eigenvalue weighted by atomic mass is 10.0. The third-order valence-corrected chi connectivity index (χ3v) is 4.48. The molecule has 2 rings (SSSR count). The summed E-state index contributed by atoms with van der Waals surface area (Å²) in [4.78, 5) is 20.7. The lowest BCUT2D eigenvalue weighted by molar-refractivity contribution is 0.0698. The number of anilines is 3. The van der Waals surface area contributed by atoms with E-state index in [9.17, 15) is 9.90 Å².